The molecule has 1 heterocycles. The van der Waals surface area contributed by atoms with Gasteiger partial charge in [0, 0.05) is 0 Å². The molecular formula is C4H9Cl2N5Pt. The van der Waals surface area contributed by atoms with E-state index in [1.54, 1.807) is 0 Å². The van der Waals surface area contributed by atoms with Crippen molar-refractivity contribution >= 4 is 6.34 Å². The first-order valence-electron chi connectivity index (χ1n) is 2.49. The van der Waals surface area contributed by atoms with E-state index in [1.165, 1.54) is 17.5 Å². The van der Waals surface area contributed by atoms with Gasteiger partial charge in [0.2, 0.25) is 0 Å². The second-order valence-corrected chi connectivity index (χ2v) is 1.79. The molecule has 1 aliphatic rings. The van der Waals surface area contributed by atoms with Crippen molar-refractivity contribution in [2.75, 3.05) is 0 Å². The van der Waals surface area contributed by atoms with Crippen LogP contribution in [-0.2, 0) is 21.1 Å². The maximum absolute atomic E-state index is 5.44. The Bertz CT molecular complexity index is 173. The Morgan fingerprint density at radius 1 is 1.42 bits per heavy atom. The van der Waals surface area contributed by atoms with Crippen LogP contribution >= 0.6 is 0 Å². The van der Waals surface area contributed by atoms with Crippen LogP contribution in [0.2, 0.25) is 0 Å². The molecule has 0 bridgehead atoms. The summed E-state index contributed by atoms with van der Waals surface area (Å²) in [6.45, 7) is 0. The first kappa shape index (κ1) is 18.1. The van der Waals surface area contributed by atoms with Gasteiger partial charge in [0.1, 0.15) is 12.5 Å². The summed E-state index contributed by atoms with van der Waals surface area (Å²) in [6.07, 6.45) is 2.47. The summed E-state index contributed by atoms with van der Waals surface area (Å²) in [6, 6.07) is 0. The molecule has 1 rings (SSSR count). The van der Waals surface area contributed by atoms with Crippen molar-refractivity contribution < 1.29 is 45.9 Å². The third kappa shape index (κ3) is 4.28. The molecule has 5 nitrogen and oxygen atoms in total. The number of hydrazine groups is 1. The summed E-state index contributed by atoms with van der Waals surface area (Å²) in [7, 11) is 0. The standard InChI is InChI=1S/C4H9N5.2ClH.Pt/c5-3-1-8-2-9(7)4(3)6;;;/h1-2,4H,5-7H2;2*1H;/q;;;+2/p-2. The summed E-state index contributed by atoms with van der Waals surface area (Å²) in [4.78, 5) is 3.70. The molecule has 0 spiro atoms. The minimum absolute atomic E-state index is 0. The average molecular weight is 393 g/mol. The van der Waals surface area contributed by atoms with Gasteiger partial charge in [-0.05, 0) is 0 Å². The molecule has 6 N–H and O–H groups in total. The number of hydrogen-bond acceptors (Lipinski definition) is 5. The summed E-state index contributed by atoms with van der Waals surface area (Å²) < 4.78 is 0. The van der Waals surface area contributed by atoms with Crippen molar-refractivity contribution in [3.8, 4) is 0 Å². The molecule has 1 atom stereocenters. The Hall–Kier alpha value is 0.198. The number of hydrogen-bond donors (Lipinski definition) is 3. The van der Waals surface area contributed by atoms with Gasteiger partial charge < -0.3 is 36.3 Å². The Kier molecular flexibility index (Phi) is 11.8. The number of nitrogens with zero attached hydrogens (tertiary/aromatic N) is 2. The van der Waals surface area contributed by atoms with E-state index in [-0.39, 0.29) is 45.9 Å². The first-order chi connectivity index (χ1) is 4.22. The van der Waals surface area contributed by atoms with Crippen LogP contribution in [0.4, 0.5) is 0 Å². The van der Waals surface area contributed by atoms with Crippen molar-refractivity contribution in [1.29, 1.82) is 0 Å². The van der Waals surface area contributed by atoms with Gasteiger partial charge in [0.05, 0.1) is 11.9 Å². The smallest absolute Gasteiger partial charge is 1.00 e. The monoisotopic (exact) mass is 392 g/mol. The molecular weight excluding hydrogens is 384 g/mol. The van der Waals surface area contributed by atoms with Crippen LogP contribution in [0.15, 0.2) is 16.9 Å². The molecule has 0 aromatic rings. The summed E-state index contributed by atoms with van der Waals surface area (Å²) in [5, 5.41) is 1.25. The van der Waals surface area contributed by atoms with Crippen LogP contribution in [0, 0.1) is 0 Å². The fourth-order valence-corrected chi connectivity index (χ4v) is 0.517. The summed E-state index contributed by atoms with van der Waals surface area (Å²) in [5.41, 5.74) is 11.3. The maximum Gasteiger partial charge on any atom is 2.00 e. The Labute approximate surface area is 97.5 Å². The predicted molar refractivity (Wildman–Crippen MR) is 34.8 cm³/mol. The third-order valence-corrected chi connectivity index (χ3v) is 1.09. The molecule has 1 aliphatic heterocycles. The zero-order valence-electron chi connectivity index (χ0n) is 5.93. The fourth-order valence-electron chi connectivity index (χ4n) is 0.517. The van der Waals surface area contributed by atoms with Crippen molar-refractivity contribution in [2.45, 2.75) is 6.17 Å². The van der Waals surface area contributed by atoms with E-state index < -0.39 is 6.17 Å². The Balaban J connectivity index is -0.000000270. The van der Waals surface area contributed by atoms with Crippen molar-refractivity contribution in [3.05, 3.63) is 11.9 Å². The number of rotatable bonds is 0. The molecule has 0 saturated carbocycles. The van der Waals surface area contributed by atoms with Crippen LogP contribution in [0.5, 0.6) is 0 Å². The van der Waals surface area contributed by atoms with E-state index in [1.807, 2.05) is 0 Å². The molecule has 0 aromatic heterocycles. The van der Waals surface area contributed by atoms with Crippen LogP contribution in [0.25, 0.3) is 0 Å². The minimum Gasteiger partial charge on any atom is -1.00 e. The zero-order chi connectivity index (χ0) is 6.85. The predicted octanol–water partition coefficient (Wildman–Crippen LogP) is -7.71. The summed E-state index contributed by atoms with van der Waals surface area (Å²) >= 11 is 0. The van der Waals surface area contributed by atoms with Gasteiger partial charge in [0.15, 0.2) is 0 Å². The number of nitrogens with two attached hydrogens (primary N) is 3. The second kappa shape index (κ2) is 7.83. The van der Waals surface area contributed by atoms with Gasteiger partial charge in [0.25, 0.3) is 0 Å². The molecule has 1 unspecified atom stereocenters. The first-order valence-corrected chi connectivity index (χ1v) is 2.49. The second-order valence-electron chi connectivity index (χ2n) is 1.79. The largest absolute Gasteiger partial charge is 2.00 e. The molecule has 0 saturated heterocycles. The maximum atomic E-state index is 5.44. The average Bonchev–Trinajstić information content (AvgIpc) is 1.83. The normalized spacial score (nSPS) is 19.7. The number of aliphatic imine (C=N–C) groups is 1. The van der Waals surface area contributed by atoms with Gasteiger partial charge >= 0.3 is 21.1 Å². The van der Waals surface area contributed by atoms with E-state index >= 15 is 0 Å². The van der Waals surface area contributed by atoms with Gasteiger partial charge in [-0.15, -0.1) is 0 Å². The Morgan fingerprint density at radius 2 is 1.92 bits per heavy atom. The van der Waals surface area contributed by atoms with Gasteiger partial charge in [-0.1, -0.05) is 0 Å². The van der Waals surface area contributed by atoms with Gasteiger partial charge in [-0.25, -0.2) is 10.8 Å². The Morgan fingerprint density at radius 3 is 2.25 bits per heavy atom. The van der Waals surface area contributed by atoms with Crippen molar-refractivity contribution in [2.24, 2.45) is 22.3 Å². The molecule has 8 heteroatoms. The molecule has 12 heavy (non-hydrogen) atoms. The topological polar surface area (TPSA) is 93.7 Å². The quantitative estimate of drug-likeness (QED) is 0.357. The van der Waals surface area contributed by atoms with Crippen LogP contribution in [0.3, 0.4) is 0 Å². The van der Waals surface area contributed by atoms with Crippen LogP contribution in [0.1, 0.15) is 0 Å². The third-order valence-electron chi connectivity index (χ3n) is 1.09. The molecule has 0 radical (unpaired) electrons. The SMILES string of the molecule is NC1=CN=CN(N)C1N.[Cl-].[Cl-].[Pt+2]. The van der Waals surface area contributed by atoms with Crippen molar-refractivity contribution in [3.63, 3.8) is 0 Å². The van der Waals surface area contributed by atoms with E-state index in [9.17, 15) is 0 Å². The molecule has 0 aromatic carbocycles. The zero-order valence-corrected chi connectivity index (χ0v) is 9.71. The molecule has 0 aliphatic carbocycles. The molecule has 0 amide bonds. The van der Waals surface area contributed by atoms with Crippen LogP contribution in [-0.4, -0.2) is 17.5 Å². The minimum atomic E-state index is -0.428. The number of halogens is 2. The van der Waals surface area contributed by atoms with E-state index in [0.29, 0.717) is 5.70 Å². The fraction of sp³-hybridized carbons (Fsp3) is 0.250. The van der Waals surface area contributed by atoms with Crippen molar-refractivity contribution in [1.82, 2.24) is 5.01 Å². The summed E-state index contributed by atoms with van der Waals surface area (Å²) in [5.74, 6) is 5.31. The van der Waals surface area contributed by atoms with E-state index in [2.05, 4.69) is 4.99 Å². The molecule has 0 fully saturated rings. The van der Waals surface area contributed by atoms with Gasteiger partial charge in [-0.2, -0.15) is 0 Å². The molecule has 74 valence electrons. The van der Waals surface area contributed by atoms with E-state index in [4.69, 9.17) is 17.3 Å². The van der Waals surface area contributed by atoms with Gasteiger partial charge in [-0.3, -0.25) is 5.01 Å². The van der Waals surface area contributed by atoms with Crippen LogP contribution < -0.4 is 42.1 Å². The van der Waals surface area contributed by atoms with E-state index in [0.717, 1.165) is 0 Å².